The third-order valence-electron chi connectivity index (χ3n) is 1.47. The normalized spacial score (nSPS) is 9.46. The molecule has 0 saturated carbocycles. The molecule has 13 heavy (non-hydrogen) atoms. The van der Waals surface area contributed by atoms with Crippen LogP contribution in [0.5, 0.6) is 5.75 Å². The fourth-order valence-electron chi connectivity index (χ4n) is 0.909. The Morgan fingerprint density at radius 2 is 2.15 bits per heavy atom. The van der Waals surface area contributed by atoms with Gasteiger partial charge in [0.25, 0.3) is 0 Å². The van der Waals surface area contributed by atoms with Crippen molar-refractivity contribution >= 4 is 12.1 Å². The number of methoxy groups -OCH3 is 1. The number of rotatable bonds is 3. The van der Waals surface area contributed by atoms with Gasteiger partial charge in [0.05, 0.1) is 12.8 Å². The minimum Gasteiger partial charge on any atom is -0.491 e. The van der Waals surface area contributed by atoms with Crippen LogP contribution >= 0.6 is 0 Å². The predicted molar refractivity (Wildman–Crippen MR) is 42.6 cm³/mol. The molecule has 1 amide bonds. The number of carbonyl (C=O) groups excluding carboxylic acids is 1. The zero-order valence-electron chi connectivity index (χ0n) is 6.80. The number of hydrogen-bond acceptors (Lipinski definition) is 2. The highest BCUT2D eigenvalue weighted by atomic mass is 19.2. The fraction of sp³-hybridized carbons (Fsp3) is 0.125. The lowest BCUT2D eigenvalue weighted by molar-refractivity contribution is -0.105. The molecule has 0 aliphatic rings. The van der Waals surface area contributed by atoms with Gasteiger partial charge in [-0.1, -0.05) is 0 Å². The van der Waals surface area contributed by atoms with E-state index in [1.54, 1.807) is 0 Å². The Hall–Kier alpha value is -1.65. The zero-order chi connectivity index (χ0) is 9.84. The van der Waals surface area contributed by atoms with Gasteiger partial charge in [-0.3, -0.25) is 4.79 Å². The Kier molecular flexibility index (Phi) is 2.79. The van der Waals surface area contributed by atoms with Crippen molar-refractivity contribution in [1.29, 1.82) is 0 Å². The first-order chi connectivity index (χ1) is 6.20. The van der Waals surface area contributed by atoms with Crippen molar-refractivity contribution in [3.63, 3.8) is 0 Å². The minimum atomic E-state index is -1.12. The fourth-order valence-corrected chi connectivity index (χ4v) is 0.909. The third kappa shape index (κ3) is 1.74. The van der Waals surface area contributed by atoms with Gasteiger partial charge in [-0.15, -0.1) is 0 Å². The maximum Gasteiger partial charge on any atom is 0.211 e. The molecule has 0 aliphatic carbocycles. The number of anilines is 1. The van der Waals surface area contributed by atoms with E-state index in [1.165, 1.54) is 13.2 Å². The van der Waals surface area contributed by atoms with Crippen LogP contribution < -0.4 is 10.1 Å². The zero-order valence-corrected chi connectivity index (χ0v) is 6.80. The Bertz CT molecular complexity index is 328. The second-order valence-corrected chi connectivity index (χ2v) is 2.20. The van der Waals surface area contributed by atoms with Crippen LogP contribution in [0.2, 0.25) is 0 Å². The van der Waals surface area contributed by atoms with E-state index >= 15 is 0 Å². The molecular weight excluding hydrogens is 180 g/mol. The van der Waals surface area contributed by atoms with Gasteiger partial charge in [0.1, 0.15) is 0 Å². The predicted octanol–water partition coefficient (Wildman–Crippen LogP) is 1.54. The minimum absolute atomic E-state index is 0.0939. The van der Waals surface area contributed by atoms with E-state index in [1.807, 2.05) is 0 Å². The van der Waals surface area contributed by atoms with Crippen molar-refractivity contribution in [1.82, 2.24) is 0 Å². The van der Waals surface area contributed by atoms with E-state index in [4.69, 9.17) is 0 Å². The van der Waals surface area contributed by atoms with Gasteiger partial charge in [0.2, 0.25) is 12.2 Å². The largest absolute Gasteiger partial charge is 0.491 e. The number of amides is 1. The molecule has 0 aliphatic heterocycles. The number of hydrogen-bond donors (Lipinski definition) is 1. The Labute approximate surface area is 73.3 Å². The highest BCUT2D eigenvalue weighted by Gasteiger charge is 2.13. The summed E-state index contributed by atoms with van der Waals surface area (Å²) >= 11 is 0. The molecule has 0 spiro atoms. The van der Waals surface area contributed by atoms with Crippen LogP contribution in [0.3, 0.4) is 0 Å². The van der Waals surface area contributed by atoms with E-state index < -0.39 is 11.6 Å². The molecule has 0 heterocycles. The van der Waals surface area contributed by atoms with Gasteiger partial charge >= 0.3 is 0 Å². The molecule has 5 heteroatoms. The van der Waals surface area contributed by atoms with Crippen LogP contribution in [0.4, 0.5) is 14.5 Å². The summed E-state index contributed by atoms with van der Waals surface area (Å²) in [4.78, 5) is 10.1. The van der Waals surface area contributed by atoms with Crippen molar-refractivity contribution in [2.24, 2.45) is 0 Å². The van der Waals surface area contributed by atoms with Crippen molar-refractivity contribution in [3.05, 3.63) is 23.8 Å². The quantitative estimate of drug-likeness (QED) is 0.729. The summed E-state index contributed by atoms with van der Waals surface area (Å²) in [6.07, 6.45) is 0.356. The highest BCUT2D eigenvalue weighted by Crippen LogP contribution is 2.28. The van der Waals surface area contributed by atoms with E-state index in [2.05, 4.69) is 10.1 Å². The summed E-state index contributed by atoms with van der Waals surface area (Å²) in [5.74, 6) is -2.45. The third-order valence-corrected chi connectivity index (χ3v) is 1.47. The molecule has 0 fully saturated rings. The molecule has 1 aromatic rings. The van der Waals surface area contributed by atoms with Crippen LogP contribution in [0.1, 0.15) is 0 Å². The van der Waals surface area contributed by atoms with Crippen molar-refractivity contribution in [2.45, 2.75) is 0 Å². The Balaban J connectivity index is 3.20. The summed E-state index contributed by atoms with van der Waals surface area (Å²) in [7, 11) is 1.19. The molecule has 0 saturated heterocycles. The van der Waals surface area contributed by atoms with Crippen molar-refractivity contribution in [2.75, 3.05) is 12.4 Å². The van der Waals surface area contributed by atoms with E-state index in [-0.39, 0.29) is 11.4 Å². The molecule has 0 unspecified atom stereocenters. The average Bonchev–Trinajstić information content (AvgIpc) is 2.12. The number of ether oxygens (including phenoxy) is 1. The van der Waals surface area contributed by atoms with Crippen LogP contribution in [0, 0.1) is 11.6 Å². The first kappa shape index (κ1) is 9.44. The van der Waals surface area contributed by atoms with E-state index in [9.17, 15) is 13.6 Å². The first-order valence-electron chi connectivity index (χ1n) is 3.43. The van der Waals surface area contributed by atoms with Gasteiger partial charge in [0.15, 0.2) is 11.6 Å². The van der Waals surface area contributed by atoms with Gasteiger partial charge in [-0.2, -0.15) is 4.39 Å². The molecule has 1 rings (SSSR count). The molecular formula is C8H7F2NO2. The summed E-state index contributed by atoms with van der Waals surface area (Å²) in [5, 5.41) is 2.18. The Morgan fingerprint density at radius 1 is 1.46 bits per heavy atom. The molecule has 1 N–H and O–H groups in total. The second kappa shape index (κ2) is 3.84. The van der Waals surface area contributed by atoms with Gasteiger partial charge < -0.3 is 10.1 Å². The first-order valence-corrected chi connectivity index (χ1v) is 3.43. The molecule has 0 atom stereocenters. The topological polar surface area (TPSA) is 38.3 Å². The van der Waals surface area contributed by atoms with Gasteiger partial charge in [-0.05, 0) is 12.1 Å². The number of halogens is 2. The van der Waals surface area contributed by atoms with Crippen LogP contribution in [-0.4, -0.2) is 13.5 Å². The van der Waals surface area contributed by atoms with Crippen LogP contribution in [0.15, 0.2) is 12.1 Å². The molecule has 0 radical (unpaired) electrons. The maximum atomic E-state index is 12.9. The molecule has 70 valence electrons. The highest BCUT2D eigenvalue weighted by molar-refractivity contribution is 5.75. The average molecular weight is 187 g/mol. The maximum absolute atomic E-state index is 12.9. The summed E-state index contributed by atoms with van der Waals surface area (Å²) < 4.78 is 30.1. The molecule has 3 nitrogen and oxygen atoms in total. The lowest BCUT2D eigenvalue weighted by Gasteiger charge is -2.07. The van der Waals surface area contributed by atoms with Gasteiger partial charge in [-0.25, -0.2) is 4.39 Å². The molecule has 0 bridgehead atoms. The Morgan fingerprint density at radius 3 is 2.69 bits per heavy atom. The summed E-state index contributed by atoms with van der Waals surface area (Å²) in [6, 6.07) is 2.12. The van der Waals surface area contributed by atoms with Crippen LogP contribution in [-0.2, 0) is 4.79 Å². The second-order valence-electron chi connectivity index (χ2n) is 2.20. The standard InChI is InChI=1S/C8H7F2NO2/c1-13-8-6(11-4-12)3-2-5(9)7(8)10/h2-4H,1H3,(H,11,12). The number of benzene rings is 1. The van der Waals surface area contributed by atoms with E-state index in [0.717, 1.165) is 6.07 Å². The monoisotopic (exact) mass is 187 g/mol. The summed E-state index contributed by atoms with van der Waals surface area (Å²) in [6.45, 7) is 0. The molecule has 1 aromatic carbocycles. The number of nitrogens with one attached hydrogen (secondary N) is 1. The van der Waals surface area contributed by atoms with Gasteiger partial charge in [0, 0.05) is 0 Å². The lowest BCUT2D eigenvalue weighted by atomic mass is 10.2. The smallest absolute Gasteiger partial charge is 0.211 e. The van der Waals surface area contributed by atoms with Crippen molar-refractivity contribution in [3.8, 4) is 5.75 Å². The van der Waals surface area contributed by atoms with E-state index in [0.29, 0.717) is 6.41 Å². The SMILES string of the molecule is COc1c(NC=O)ccc(F)c1F. The summed E-state index contributed by atoms with van der Waals surface area (Å²) in [5.41, 5.74) is 0.0939. The molecule has 0 aromatic heterocycles. The number of carbonyl (C=O) groups is 1. The van der Waals surface area contributed by atoms with Crippen LogP contribution in [0.25, 0.3) is 0 Å². The lowest BCUT2D eigenvalue weighted by Crippen LogP contribution is -2.00. The van der Waals surface area contributed by atoms with Crippen molar-refractivity contribution < 1.29 is 18.3 Å².